The highest BCUT2D eigenvalue weighted by Crippen LogP contribution is 2.47. The molecular weight excluding hydrogens is 342 g/mol. The average Bonchev–Trinajstić information content (AvgIpc) is 3.26. The summed E-state index contributed by atoms with van der Waals surface area (Å²) in [5, 5.41) is 4.30. The second-order valence-electron chi connectivity index (χ2n) is 7.00. The lowest BCUT2D eigenvalue weighted by Gasteiger charge is -2.38. The lowest BCUT2D eigenvalue weighted by molar-refractivity contribution is -0.144. The van der Waals surface area contributed by atoms with Gasteiger partial charge >= 0.3 is 0 Å². The summed E-state index contributed by atoms with van der Waals surface area (Å²) in [6.45, 7) is 6.42. The molecule has 2 unspecified atom stereocenters. The van der Waals surface area contributed by atoms with Crippen LogP contribution in [0.25, 0.3) is 0 Å². The predicted octanol–water partition coefficient (Wildman–Crippen LogP) is 1.85. The first kappa shape index (κ1) is 16.4. The maximum atomic E-state index is 13.0. The van der Waals surface area contributed by atoms with Gasteiger partial charge in [0.15, 0.2) is 0 Å². The zero-order chi connectivity index (χ0) is 16.7. The van der Waals surface area contributed by atoms with Crippen molar-refractivity contribution in [2.75, 3.05) is 31.9 Å². The molecule has 130 valence electrons. The molecule has 3 aliphatic heterocycles. The van der Waals surface area contributed by atoms with Crippen molar-refractivity contribution in [1.82, 2.24) is 14.7 Å². The summed E-state index contributed by atoms with van der Waals surface area (Å²) in [4.78, 5) is 31.3. The van der Waals surface area contributed by atoms with Crippen molar-refractivity contribution in [2.45, 2.75) is 37.2 Å². The molecule has 24 heavy (non-hydrogen) atoms. The number of hydrogen-bond donors (Lipinski definition) is 0. The van der Waals surface area contributed by atoms with Crippen LogP contribution in [0.1, 0.15) is 25.3 Å². The van der Waals surface area contributed by atoms with E-state index < -0.39 is 0 Å². The number of nitrogens with zero attached hydrogens (tertiary/aromatic N) is 3. The Labute approximate surface area is 151 Å². The lowest BCUT2D eigenvalue weighted by Crippen LogP contribution is -2.56. The molecule has 7 heteroatoms. The second-order valence-corrected chi connectivity index (χ2v) is 9.28. The van der Waals surface area contributed by atoms with Gasteiger partial charge in [-0.2, -0.15) is 11.3 Å². The normalized spacial score (nSPS) is 30.9. The Morgan fingerprint density at radius 3 is 2.83 bits per heavy atom. The van der Waals surface area contributed by atoms with Crippen molar-refractivity contribution in [3.8, 4) is 0 Å². The van der Waals surface area contributed by atoms with Crippen molar-refractivity contribution >= 4 is 34.9 Å². The van der Waals surface area contributed by atoms with Crippen molar-refractivity contribution in [1.29, 1.82) is 0 Å². The van der Waals surface area contributed by atoms with Gasteiger partial charge in [0, 0.05) is 44.9 Å². The summed E-state index contributed by atoms with van der Waals surface area (Å²) >= 11 is 3.50. The van der Waals surface area contributed by atoms with Gasteiger partial charge in [0.2, 0.25) is 11.8 Å². The highest BCUT2D eigenvalue weighted by atomic mass is 32.2. The van der Waals surface area contributed by atoms with Crippen molar-refractivity contribution < 1.29 is 9.59 Å². The first-order chi connectivity index (χ1) is 11.6. The van der Waals surface area contributed by atoms with Gasteiger partial charge < -0.3 is 9.80 Å². The van der Waals surface area contributed by atoms with Gasteiger partial charge in [0.25, 0.3) is 0 Å². The number of carbonyl (C=O) groups excluding carboxylic acids is 2. The molecule has 0 radical (unpaired) electrons. The summed E-state index contributed by atoms with van der Waals surface area (Å²) in [5.41, 5.74) is 1.35. The van der Waals surface area contributed by atoms with Crippen LogP contribution in [-0.4, -0.2) is 69.4 Å². The van der Waals surface area contributed by atoms with Crippen LogP contribution in [0.2, 0.25) is 0 Å². The Morgan fingerprint density at radius 2 is 2.12 bits per heavy atom. The van der Waals surface area contributed by atoms with Crippen LogP contribution in [0.5, 0.6) is 0 Å². The monoisotopic (exact) mass is 365 g/mol. The van der Waals surface area contributed by atoms with Crippen molar-refractivity contribution in [3.63, 3.8) is 0 Å². The van der Waals surface area contributed by atoms with Crippen LogP contribution in [0.15, 0.2) is 16.8 Å². The maximum absolute atomic E-state index is 13.0. The van der Waals surface area contributed by atoms with Gasteiger partial charge in [-0.1, -0.05) is 0 Å². The molecule has 3 fully saturated rings. The number of thiophene rings is 1. The number of piperazine rings is 1. The molecule has 1 aromatic heterocycles. The molecule has 0 N–H and O–H groups in total. The van der Waals surface area contributed by atoms with E-state index in [0.717, 1.165) is 44.9 Å². The molecule has 0 aliphatic carbocycles. The number of thioether (sulfide) groups is 1. The largest absolute Gasteiger partial charge is 0.338 e. The fraction of sp³-hybridized carbons (Fsp3) is 0.647. The first-order valence-electron chi connectivity index (χ1n) is 8.55. The molecule has 0 aromatic carbocycles. The number of carbonyl (C=O) groups is 2. The van der Waals surface area contributed by atoms with E-state index in [-0.39, 0.29) is 22.7 Å². The summed E-state index contributed by atoms with van der Waals surface area (Å²) in [5.74, 6) is 1.05. The molecular formula is C17H23N3O2S2. The second kappa shape index (κ2) is 6.35. The van der Waals surface area contributed by atoms with E-state index in [0.29, 0.717) is 6.42 Å². The number of fused-ring (bicyclic) bond motifs is 1. The molecule has 1 aromatic rings. The number of hydrogen-bond acceptors (Lipinski definition) is 5. The molecule has 5 nitrogen and oxygen atoms in total. The topological polar surface area (TPSA) is 43.9 Å². The Kier molecular flexibility index (Phi) is 4.34. The van der Waals surface area contributed by atoms with Crippen LogP contribution in [0.3, 0.4) is 0 Å². The third-order valence-electron chi connectivity index (χ3n) is 5.40. The standard InChI is InChI=1S/C17H23N3O2S2/c1-17-4-2-15(21)20(17)14(12-24-17)16(22)19-7-5-18(6-8-19)10-13-3-9-23-11-13/h3,9,11,14H,2,4-8,10,12H2,1H3. The molecule has 0 saturated carbocycles. The highest BCUT2D eigenvalue weighted by molar-refractivity contribution is 8.01. The Morgan fingerprint density at radius 1 is 1.33 bits per heavy atom. The lowest BCUT2D eigenvalue weighted by atomic mass is 10.2. The zero-order valence-electron chi connectivity index (χ0n) is 13.9. The highest BCUT2D eigenvalue weighted by Gasteiger charge is 2.53. The smallest absolute Gasteiger partial charge is 0.246 e. The summed E-state index contributed by atoms with van der Waals surface area (Å²) in [6, 6.07) is 1.91. The van der Waals surface area contributed by atoms with Gasteiger partial charge in [0.1, 0.15) is 6.04 Å². The van der Waals surface area contributed by atoms with E-state index in [4.69, 9.17) is 0 Å². The van der Waals surface area contributed by atoms with Gasteiger partial charge in [-0.05, 0) is 35.7 Å². The molecule has 4 heterocycles. The van der Waals surface area contributed by atoms with E-state index in [9.17, 15) is 9.59 Å². The van der Waals surface area contributed by atoms with Gasteiger partial charge in [0.05, 0.1) is 4.87 Å². The summed E-state index contributed by atoms with van der Waals surface area (Å²) in [7, 11) is 0. The van der Waals surface area contributed by atoms with E-state index in [1.807, 2.05) is 9.80 Å². The van der Waals surface area contributed by atoms with Crippen molar-refractivity contribution in [2.24, 2.45) is 0 Å². The molecule has 0 spiro atoms. The minimum atomic E-state index is -0.251. The molecule has 4 rings (SSSR count). The van der Waals surface area contributed by atoms with Crippen LogP contribution in [0.4, 0.5) is 0 Å². The molecule has 3 aliphatic rings. The predicted molar refractivity (Wildman–Crippen MR) is 96.9 cm³/mol. The molecule has 2 atom stereocenters. The van der Waals surface area contributed by atoms with Gasteiger partial charge in [-0.3, -0.25) is 14.5 Å². The van der Waals surface area contributed by atoms with Crippen molar-refractivity contribution in [3.05, 3.63) is 22.4 Å². The van der Waals surface area contributed by atoms with Crippen LogP contribution in [-0.2, 0) is 16.1 Å². The van der Waals surface area contributed by atoms with Crippen LogP contribution < -0.4 is 0 Å². The molecule has 0 bridgehead atoms. The SMILES string of the molecule is CC12CCC(=O)N1C(C(=O)N1CCN(Cc3ccsc3)CC1)CS2. The van der Waals surface area contributed by atoms with Gasteiger partial charge in [-0.25, -0.2) is 0 Å². The number of amides is 2. The summed E-state index contributed by atoms with van der Waals surface area (Å²) in [6.07, 6.45) is 1.45. The van der Waals surface area contributed by atoms with E-state index in [1.54, 1.807) is 23.1 Å². The van der Waals surface area contributed by atoms with Crippen LogP contribution >= 0.6 is 23.1 Å². The Hall–Kier alpha value is -1.05. The minimum Gasteiger partial charge on any atom is -0.338 e. The third kappa shape index (κ3) is 2.86. The van der Waals surface area contributed by atoms with Gasteiger partial charge in [-0.15, -0.1) is 11.8 Å². The fourth-order valence-electron chi connectivity index (χ4n) is 3.98. The Bertz CT molecular complexity index is 628. The zero-order valence-corrected chi connectivity index (χ0v) is 15.6. The summed E-state index contributed by atoms with van der Waals surface area (Å²) < 4.78 is 0. The number of rotatable bonds is 3. The third-order valence-corrected chi connectivity index (χ3v) is 7.64. The Balaban J connectivity index is 1.36. The van der Waals surface area contributed by atoms with E-state index >= 15 is 0 Å². The minimum absolute atomic E-state index is 0.150. The molecule has 2 amide bonds. The average molecular weight is 366 g/mol. The van der Waals surface area contributed by atoms with E-state index in [1.165, 1.54) is 5.56 Å². The maximum Gasteiger partial charge on any atom is 0.246 e. The quantitative estimate of drug-likeness (QED) is 0.820. The fourth-order valence-corrected chi connectivity index (χ4v) is 6.06. The molecule has 3 saturated heterocycles. The first-order valence-corrected chi connectivity index (χ1v) is 10.5. The van der Waals surface area contributed by atoms with Crippen LogP contribution in [0, 0.1) is 0 Å². The van der Waals surface area contributed by atoms with E-state index in [2.05, 4.69) is 28.7 Å².